The molecular formula is C14H19N3O3. The Hall–Kier alpha value is -2.08. The van der Waals surface area contributed by atoms with Gasteiger partial charge in [0.2, 0.25) is 5.91 Å². The Kier molecular flexibility index (Phi) is 4.57. The number of likely N-dealkylation sites (N-methyl/N-ethyl adjacent to an activating group) is 2. The molecule has 0 radical (unpaired) electrons. The van der Waals surface area contributed by atoms with Crippen molar-refractivity contribution in [1.82, 2.24) is 10.2 Å². The molecular weight excluding hydrogens is 258 g/mol. The lowest BCUT2D eigenvalue weighted by atomic mass is 10.2. The predicted octanol–water partition coefficient (Wildman–Crippen LogP) is 0.0898. The van der Waals surface area contributed by atoms with Crippen LogP contribution < -0.4 is 15.0 Å². The zero-order valence-corrected chi connectivity index (χ0v) is 11.8. The van der Waals surface area contributed by atoms with Crippen LogP contribution in [0, 0.1) is 0 Å². The topological polar surface area (TPSA) is 61.9 Å². The molecule has 0 unspecified atom stereocenters. The number of benzene rings is 1. The first-order valence-electron chi connectivity index (χ1n) is 6.54. The van der Waals surface area contributed by atoms with Gasteiger partial charge in [-0.2, -0.15) is 0 Å². The number of hydrogen-bond acceptors (Lipinski definition) is 4. The van der Waals surface area contributed by atoms with Gasteiger partial charge in [0.05, 0.1) is 5.69 Å². The van der Waals surface area contributed by atoms with E-state index in [1.165, 1.54) is 4.90 Å². The minimum absolute atomic E-state index is 0.0233. The summed E-state index contributed by atoms with van der Waals surface area (Å²) >= 11 is 0. The first-order valence-corrected chi connectivity index (χ1v) is 6.54. The number of carbonyl (C=O) groups is 2. The van der Waals surface area contributed by atoms with Crippen LogP contribution in [0.3, 0.4) is 0 Å². The van der Waals surface area contributed by atoms with Crippen molar-refractivity contribution >= 4 is 17.5 Å². The van der Waals surface area contributed by atoms with E-state index < -0.39 is 0 Å². The van der Waals surface area contributed by atoms with Crippen molar-refractivity contribution < 1.29 is 14.3 Å². The highest BCUT2D eigenvalue weighted by Gasteiger charge is 2.27. The molecule has 0 saturated carbocycles. The van der Waals surface area contributed by atoms with Crippen LogP contribution in [0.5, 0.6) is 5.75 Å². The highest BCUT2D eigenvalue weighted by atomic mass is 16.5. The maximum absolute atomic E-state index is 12.1. The summed E-state index contributed by atoms with van der Waals surface area (Å²) in [5, 5.41) is 2.99. The average molecular weight is 277 g/mol. The number of carbonyl (C=O) groups excluding carboxylic acids is 2. The SMILES string of the molecule is CNCCN(C)C(=O)CN1C(=O)COc2ccccc21. The van der Waals surface area contributed by atoms with E-state index in [2.05, 4.69) is 5.32 Å². The third-order valence-electron chi connectivity index (χ3n) is 3.22. The van der Waals surface area contributed by atoms with E-state index in [0.29, 0.717) is 18.0 Å². The summed E-state index contributed by atoms with van der Waals surface area (Å²) in [5.74, 6) is 0.349. The molecule has 0 saturated heterocycles. The molecule has 1 aliphatic rings. The lowest BCUT2D eigenvalue weighted by Crippen LogP contribution is -2.46. The van der Waals surface area contributed by atoms with Crippen molar-refractivity contribution in [2.75, 3.05) is 45.2 Å². The van der Waals surface area contributed by atoms with Gasteiger partial charge in [-0.25, -0.2) is 0 Å². The number of para-hydroxylation sites is 2. The van der Waals surface area contributed by atoms with Gasteiger partial charge in [0.1, 0.15) is 12.3 Å². The summed E-state index contributed by atoms with van der Waals surface area (Å²) in [6.07, 6.45) is 0. The van der Waals surface area contributed by atoms with Crippen LogP contribution in [0.25, 0.3) is 0 Å². The summed E-state index contributed by atoms with van der Waals surface area (Å²) < 4.78 is 5.35. The van der Waals surface area contributed by atoms with Crippen molar-refractivity contribution in [3.63, 3.8) is 0 Å². The van der Waals surface area contributed by atoms with E-state index in [9.17, 15) is 9.59 Å². The van der Waals surface area contributed by atoms with Crippen LogP contribution in [-0.4, -0.2) is 57.1 Å². The molecule has 1 aliphatic heterocycles. The minimum Gasteiger partial charge on any atom is -0.482 e. The summed E-state index contributed by atoms with van der Waals surface area (Å²) in [7, 11) is 3.57. The summed E-state index contributed by atoms with van der Waals surface area (Å²) in [6, 6.07) is 7.24. The van der Waals surface area contributed by atoms with Crippen LogP contribution in [0.2, 0.25) is 0 Å². The van der Waals surface area contributed by atoms with Gasteiger partial charge in [-0.15, -0.1) is 0 Å². The number of fused-ring (bicyclic) bond motifs is 1. The first-order chi connectivity index (χ1) is 9.63. The molecule has 0 atom stereocenters. The number of nitrogens with one attached hydrogen (secondary N) is 1. The van der Waals surface area contributed by atoms with Gasteiger partial charge >= 0.3 is 0 Å². The van der Waals surface area contributed by atoms with Gasteiger partial charge in [0.15, 0.2) is 6.61 Å². The Balaban J connectivity index is 2.08. The number of amides is 2. The minimum atomic E-state index is -0.195. The Morgan fingerprint density at radius 3 is 2.95 bits per heavy atom. The van der Waals surface area contributed by atoms with Crippen LogP contribution in [0.1, 0.15) is 0 Å². The number of nitrogens with zero attached hydrogens (tertiary/aromatic N) is 2. The van der Waals surface area contributed by atoms with Crippen molar-refractivity contribution in [2.24, 2.45) is 0 Å². The molecule has 0 bridgehead atoms. The smallest absolute Gasteiger partial charge is 0.265 e. The fraction of sp³-hybridized carbons (Fsp3) is 0.429. The highest BCUT2D eigenvalue weighted by molar-refractivity contribution is 6.02. The quantitative estimate of drug-likeness (QED) is 0.828. The number of ether oxygens (including phenoxy) is 1. The van der Waals surface area contributed by atoms with E-state index >= 15 is 0 Å². The number of rotatable bonds is 5. The molecule has 1 aromatic carbocycles. The van der Waals surface area contributed by atoms with Gasteiger partial charge < -0.3 is 15.0 Å². The molecule has 6 heteroatoms. The molecule has 1 heterocycles. The average Bonchev–Trinajstić information content (AvgIpc) is 2.47. The molecule has 0 aromatic heterocycles. The number of hydrogen-bond donors (Lipinski definition) is 1. The van der Waals surface area contributed by atoms with Crippen LogP contribution in [0.15, 0.2) is 24.3 Å². The van der Waals surface area contributed by atoms with Crippen LogP contribution >= 0.6 is 0 Å². The molecule has 2 rings (SSSR count). The van der Waals surface area contributed by atoms with Gasteiger partial charge in [0, 0.05) is 20.1 Å². The Bertz CT molecular complexity index is 504. The van der Waals surface area contributed by atoms with Crippen LogP contribution in [-0.2, 0) is 9.59 Å². The maximum atomic E-state index is 12.1. The van der Waals surface area contributed by atoms with E-state index in [-0.39, 0.29) is 25.0 Å². The third kappa shape index (κ3) is 3.08. The standard InChI is InChI=1S/C14H19N3O3/c1-15-7-8-16(2)13(18)9-17-11-5-3-4-6-12(11)20-10-14(17)19/h3-6,15H,7-10H2,1-2H3. The fourth-order valence-corrected chi connectivity index (χ4v) is 1.99. The first kappa shape index (κ1) is 14.3. The maximum Gasteiger partial charge on any atom is 0.265 e. The predicted molar refractivity (Wildman–Crippen MR) is 75.9 cm³/mol. The Labute approximate surface area is 118 Å². The summed E-state index contributed by atoms with van der Waals surface area (Å²) in [5.41, 5.74) is 0.652. The fourth-order valence-electron chi connectivity index (χ4n) is 1.99. The molecule has 20 heavy (non-hydrogen) atoms. The Morgan fingerprint density at radius 1 is 1.45 bits per heavy atom. The summed E-state index contributed by atoms with van der Waals surface area (Å²) in [6.45, 7) is 1.34. The lowest BCUT2D eigenvalue weighted by molar-refractivity contribution is -0.130. The molecule has 0 spiro atoms. The van der Waals surface area contributed by atoms with E-state index in [0.717, 1.165) is 6.54 Å². The van der Waals surface area contributed by atoms with Gasteiger partial charge in [0.25, 0.3) is 5.91 Å². The summed E-state index contributed by atoms with van der Waals surface area (Å²) in [4.78, 5) is 27.2. The van der Waals surface area contributed by atoms with Crippen molar-refractivity contribution in [2.45, 2.75) is 0 Å². The number of anilines is 1. The van der Waals surface area contributed by atoms with E-state index in [4.69, 9.17) is 4.74 Å². The second-order valence-corrected chi connectivity index (χ2v) is 4.66. The van der Waals surface area contributed by atoms with Crippen molar-refractivity contribution in [3.8, 4) is 5.75 Å². The largest absolute Gasteiger partial charge is 0.482 e. The van der Waals surface area contributed by atoms with Crippen LogP contribution in [0.4, 0.5) is 5.69 Å². The highest BCUT2D eigenvalue weighted by Crippen LogP contribution is 2.31. The van der Waals surface area contributed by atoms with Crippen molar-refractivity contribution in [3.05, 3.63) is 24.3 Å². The van der Waals surface area contributed by atoms with Gasteiger partial charge in [-0.05, 0) is 19.2 Å². The van der Waals surface area contributed by atoms with Crippen molar-refractivity contribution in [1.29, 1.82) is 0 Å². The zero-order valence-electron chi connectivity index (χ0n) is 11.8. The molecule has 108 valence electrons. The van der Waals surface area contributed by atoms with Gasteiger partial charge in [-0.3, -0.25) is 14.5 Å². The van der Waals surface area contributed by atoms with E-state index in [1.807, 2.05) is 19.2 Å². The van der Waals surface area contributed by atoms with E-state index in [1.54, 1.807) is 24.1 Å². The molecule has 1 aromatic rings. The molecule has 0 fully saturated rings. The third-order valence-corrected chi connectivity index (χ3v) is 3.22. The lowest BCUT2D eigenvalue weighted by Gasteiger charge is -2.30. The zero-order chi connectivity index (χ0) is 14.5. The normalized spacial score (nSPS) is 13.7. The molecule has 6 nitrogen and oxygen atoms in total. The second-order valence-electron chi connectivity index (χ2n) is 4.66. The Morgan fingerprint density at radius 2 is 2.20 bits per heavy atom. The second kappa shape index (κ2) is 6.38. The molecule has 0 aliphatic carbocycles. The van der Waals surface area contributed by atoms with Gasteiger partial charge in [-0.1, -0.05) is 12.1 Å². The monoisotopic (exact) mass is 277 g/mol. The molecule has 1 N–H and O–H groups in total. The molecule has 2 amide bonds.